The summed E-state index contributed by atoms with van der Waals surface area (Å²) in [5.74, 6) is 1.30. The lowest BCUT2D eigenvalue weighted by atomic mass is 9.76. The fourth-order valence-corrected chi connectivity index (χ4v) is 3.79. The van der Waals surface area contributed by atoms with Crippen LogP contribution in [0.5, 0.6) is 0 Å². The van der Waals surface area contributed by atoms with E-state index in [-0.39, 0.29) is 24.7 Å². The molecule has 2 N–H and O–H groups in total. The lowest BCUT2D eigenvalue weighted by molar-refractivity contribution is -0.175. The average molecular weight is 311 g/mol. The molecule has 1 aliphatic carbocycles. The van der Waals surface area contributed by atoms with Gasteiger partial charge < -0.3 is 19.9 Å². The second-order valence-electron chi connectivity index (χ2n) is 6.20. The van der Waals surface area contributed by atoms with Crippen molar-refractivity contribution in [3.8, 4) is 0 Å². The summed E-state index contributed by atoms with van der Waals surface area (Å²) in [7, 11) is 1.62. The SMILES string of the molecule is CCO[C@H]1OC(C(=O)NC)=C[C@@H](C2CCCC2)[C@@H]1CCCO. The molecule has 1 fully saturated rings. The number of aliphatic hydroxyl groups excluding tert-OH is 1. The molecule has 0 aromatic heterocycles. The Morgan fingerprint density at radius 1 is 1.45 bits per heavy atom. The Hall–Kier alpha value is -1.07. The van der Waals surface area contributed by atoms with Crippen LogP contribution in [-0.2, 0) is 14.3 Å². The summed E-state index contributed by atoms with van der Waals surface area (Å²) in [6, 6.07) is 0. The van der Waals surface area contributed by atoms with Gasteiger partial charge in [0.15, 0.2) is 5.76 Å². The zero-order chi connectivity index (χ0) is 15.9. The van der Waals surface area contributed by atoms with E-state index in [0.717, 1.165) is 12.8 Å². The topological polar surface area (TPSA) is 67.8 Å². The van der Waals surface area contributed by atoms with Gasteiger partial charge in [-0.15, -0.1) is 0 Å². The average Bonchev–Trinajstić information content (AvgIpc) is 3.06. The number of carbonyl (C=O) groups excluding carboxylic acids is 1. The predicted molar refractivity (Wildman–Crippen MR) is 83.9 cm³/mol. The van der Waals surface area contributed by atoms with E-state index >= 15 is 0 Å². The van der Waals surface area contributed by atoms with Crippen LogP contribution in [0.4, 0.5) is 0 Å². The summed E-state index contributed by atoms with van der Waals surface area (Å²) < 4.78 is 11.6. The van der Waals surface area contributed by atoms with Gasteiger partial charge in [-0.2, -0.15) is 0 Å². The maximum atomic E-state index is 12.0. The van der Waals surface area contributed by atoms with Gasteiger partial charge >= 0.3 is 0 Å². The molecular weight excluding hydrogens is 282 g/mol. The normalized spacial score (nSPS) is 29.0. The third-order valence-corrected chi connectivity index (χ3v) is 4.85. The molecule has 1 saturated carbocycles. The molecule has 1 amide bonds. The Kier molecular flexibility index (Phi) is 6.70. The van der Waals surface area contributed by atoms with E-state index in [1.54, 1.807) is 7.05 Å². The van der Waals surface area contributed by atoms with Gasteiger partial charge in [-0.05, 0) is 50.5 Å². The van der Waals surface area contributed by atoms with E-state index in [2.05, 4.69) is 5.32 Å². The third kappa shape index (κ3) is 4.02. The molecular formula is C17H29NO4. The molecule has 1 aliphatic heterocycles. The molecule has 3 atom stereocenters. The molecule has 0 aromatic carbocycles. The van der Waals surface area contributed by atoms with Gasteiger partial charge in [-0.25, -0.2) is 0 Å². The third-order valence-electron chi connectivity index (χ3n) is 4.85. The van der Waals surface area contributed by atoms with Crippen LogP contribution in [-0.4, -0.2) is 37.6 Å². The van der Waals surface area contributed by atoms with E-state index in [1.165, 1.54) is 25.7 Å². The maximum Gasteiger partial charge on any atom is 0.285 e. The summed E-state index contributed by atoms with van der Waals surface area (Å²) >= 11 is 0. The highest BCUT2D eigenvalue weighted by molar-refractivity contribution is 5.91. The van der Waals surface area contributed by atoms with Crippen molar-refractivity contribution in [2.75, 3.05) is 20.3 Å². The van der Waals surface area contributed by atoms with Crippen LogP contribution in [0.25, 0.3) is 0 Å². The Morgan fingerprint density at radius 2 is 2.18 bits per heavy atom. The molecule has 1 heterocycles. The molecule has 0 unspecified atom stereocenters. The molecule has 5 heteroatoms. The van der Waals surface area contributed by atoms with Gasteiger partial charge in [0.2, 0.25) is 6.29 Å². The van der Waals surface area contributed by atoms with Crippen molar-refractivity contribution in [1.29, 1.82) is 0 Å². The number of nitrogens with one attached hydrogen (secondary N) is 1. The number of likely N-dealkylation sites (N-methyl/N-ethyl adjacent to an activating group) is 1. The first-order valence-corrected chi connectivity index (χ1v) is 8.54. The molecule has 2 aliphatic rings. The first-order valence-electron chi connectivity index (χ1n) is 8.54. The number of hydrogen-bond acceptors (Lipinski definition) is 4. The highest BCUT2D eigenvalue weighted by Gasteiger charge is 2.40. The van der Waals surface area contributed by atoms with Crippen molar-refractivity contribution in [2.24, 2.45) is 17.8 Å². The Balaban J connectivity index is 2.23. The van der Waals surface area contributed by atoms with Crippen molar-refractivity contribution in [3.05, 3.63) is 11.8 Å². The molecule has 0 aromatic rings. The summed E-state index contributed by atoms with van der Waals surface area (Å²) in [5.41, 5.74) is 0. The van der Waals surface area contributed by atoms with Gasteiger partial charge in [0, 0.05) is 26.2 Å². The largest absolute Gasteiger partial charge is 0.459 e. The summed E-state index contributed by atoms with van der Waals surface area (Å²) in [6.07, 6.45) is 8.15. The zero-order valence-electron chi connectivity index (χ0n) is 13.7. The number of ether oxygens (including phenoxy) is 2. The smallest absolute Gasteiger partial charge is 0.285 e. The van der Waals surface area contributed by atoms with E-state index in [0.29, 0.717) is 24.2 Å². The van der Waals surface area contributed by atoms with Crippen LogP contribution in [0.2, 0.25) is 0 Å². The number of allylic oxidation sites excluding steroid dienone is 1. The van der Waals surface area contributed by atoms with Gasteiger partial charge in [0.1, 0.15) is 0 Å². The quantitative estimate of drug-likeness (QED) is 0.756. The molecule has 0 bridgehead atoms. The first kappa shape index (κ1) is 17.3. The summed E-state index contributed by atoms with van der Waals surface area (Å²) in [5, 5.41) is 11.8. The van der Waals surface area contributed by atoms with Crippen LogP contribution in [0.3, 0.4) is 0 Å². The van der Waals surface area contributed by atoms with Gasteiger partial charge in [0.05, 0.1) is 0 Å². The monoisotopic (exact) mass is 311 g/mol. The highest BCUT2D eigenvalue weighted by atomic mass is 16.7. The molecule has 0 radical (unpaired) electrons. The minimum atomic E-state index is -0.389. The minimum Gasteiger partial charge on any atom is -0.459 e. The van der Waals surface area contributed by atoms with Crippen molar-refractivity contribution in [3.63, 3.8) is 0 Å². The predicted octanol–water partition coefficient (Wildman–Crippen LogP) is 2.20. The number of carbonyl (C=O) groups is 1. The molecule has 0 saturated heterocycles. The molecule has 5 nitrogen and oxygen atoms in total. The van der Waals surface area contributed by atoms with Gasteiger partial charge in [0.25, 0.3) is 5.91 Å². The van der Waals surface area contributed by atoms with Crippen molar-refractivity contribution in [1.82, 2.24) is 5.32 Å². The van der Waals surface area contributed by atoms with E-state index in [1.807, 2.05) is 13.0 Å². The summed E-state index contributed by atoms with van der Waals surface area (Å²) in [6.45, 7) is 2.67. The van der Waals surface area contributed by atoms with E-state index in [4.69, 9.17) is 9.47 Å². The lowest BCUT2D eigenvalue weighted by Gasteiger charge is -2.39. The van der Waals surface area contributed by atoms with Crippen LogP contribution < -0.4 is 5.32 Å². The summed E-state index contributed by atoms with van der Waals surface area (Å²) in [4.78, 5) is 12.0. The number of hydrogen-bond donors (Lipinski definition) is 2. The second-order valence-corrected chi connectivity index (χ2v) is 6.20. The number of amides is 1. The molecule has 0 spiro atoms. The second kappa shape index (κ2) is 8.53. The van der Waals surface area contributed by atoms with Crippen LogP contribution in [0.1, 0.15) is 45.4 Å². The Morgan fingerprint density at radius 3 is 2.77 bits per heavy atom. The van der Waals surface area contributed by atoms with Crippen LogP contribution in [0.15, 0.2) is 11.8 Å². The lowest BCUT2D eigenvalue weighted by Crippen LogP contribution is -2.41. The van der Waals surface area contributed by atoms with Crippen molar-refractivity contribution < 1.29 is 19.4 Å². The number of rotatable bonds is 7. The fourth-order valence-electron chi connectivity index (χ4n) is 3.79. The van der Waals surface area contributed by atoms with E-state index < -0.39 is 0 Å². The maximum absolute atomic E-state index is 12.0. The highest BCUT2D eigenvalue weighted by Crippen LogP contribution is 2.43. The molecule has 22 heavy (non-hydrogen) atoms. The number of aliphatic hydroxyl groups is 1. The van der Waals surface area contributed by atoms with Gasteiger partial charge in [-0.1, -0.05) is 12.8 Å². The van der Waals surface area contributed by atoms with Crippen LogP contribution in [0, 0.1) is 17.8 Å². The van der Waals surface area contributed by atoms with Crippen LogP contribution >= 0.6 is 0 Å². The van der Waals surface area contributed by atoms with Crippen molar-refractivity contribution in [2.45, 2.75) is 51.7 Å². The molecule has 126 valence electrons. The minimum absolute atomic E-state index is 0.179. The zero-order valence-corrected chi connectivity index (χ0v) is 13.7. The first-order chi connectivity index (χ1) is 10.7. The van der Waals surface area contributed by atoms with E-state index in [9.17, 15) is 9.90 Å². The Labute approximate surface area is 133 Å². The van der Waals surface area contributed by atoms with Crippen molar-refractivity contribution >= 4 is 5.91 Å². The fraction of sp³-hybridized carbons (Fsp3) is 0.824. The van der Waals surface area contributed by atoms with Gasteiger partial charge in [-0.3, -0.25) is 4.79 Å². The molecule has 2 rings (SSSR count). The standard InChI is InChI=1S/C17H29NO4/c1-3-21-17-13(9-6-10-19)14(12-7-4-5-8-12)11-15(22-17)16(20)18-2/h11-14,17,19H,3-10H2,1-2H3,(H,18,20)/t13-,14-,17-/m0/s1. The Bertz CT molecular complexity index is 390.